The Balaban J connectivity index is 1.76. The smallest absolute Gasteiger partial charge is 0.0701 e. The molecule has 0 aromatic heterocycles. The zero-order chi connectivity index (χ0) is 13.8. The minimum atomic E-state index is 0.175. The number of aliphatic hydroxyl groups excluding tert-OH is 1. The quantitative estimate of drug-likeness (QED) is 0.524. The van der Waals surface area contributed by atoms with Crippen LogP contribution in [0.1, 0.15) is 45.4 Å². The molecule has 114 valence electrons. The Kier molecular flexibility index (Phi) is 9.43. The summed E-state index contributed by atoms with van der Waals surface area (Å²) in [6.45, 7) is 6.61. The van der Waals surface area contributed by atoms with Gasteiger partial charge in [0.05, 0.1) is 26.4 Å². The van der Waals surface area contributed by atoms with Crippen LogP contribution in [0, 0.1) is 5.41 Å². The standard InChI is InChI=1S/C15H30O4/c1-2-3-8-17-10-12-19-13-11-18-9-7-15(14-16)5-4-6-15/h16H,2-14H2,1H3. The predicted molar refractivity (Wildman–Crippen MR) is 75.4 cm³/mol. The molecule has 4 nitrogen and oxygen atoms in total. The van der Waals surface area contributed by atoms with Gasteiger partial charge in [0.25, 0.3) is 0 Å². The Morgan fingerprint density at radius 2 is 1.47 bits per heavy atom. The Hall–Kier alpha value is -0.160. The number of ether oxygens (including phenoxy) is 3. The van der Waals surface area contributed by atoms with Gasteiger partial charge in [-0.2, -0.15) is 0 Å². The van der Waals surface area contributed by atoms with E-state index in [1.165, 1.54) is 12.8 Å². The third-order valence-corrected chi connectivity index (χ3v) is 3.91. The van der Waals surface area contributed by atoms with Crippen LogP contribution in [0.15, 0.2) is 0 Å². The van der Waals surface area contributed by atoms with Crippen molar-refractivity contribution in [2.75, 3.05) is 46.2 Å². The predicted octanol–water partition coefficient (Wildman–Crippen LogP) is 2.39. The van der Waals surface area contributed by atoms with Crippen LogP contribution >= 0.6 is 0 Å². The lowest BCUT2D eigenvalue weighted by Gasteiger charge is -2.40. The molecule has 4 heteroatoms. The van der Waals surface area contributed by atoms with Gasteiger partial charge in [0, 0.05) is 19.8 Å². The minimum absolute atomic E-state index is 0.175. The number of unbranched alkanes of at least 4 members (excludes halogenated alkanes) is 1. The van der Waals surface area contributed by atoms with Crippen molar-refractivity contribution in [3.63, 3.8) is 0 Å². The molecule has 1 saturated carbocycles. The molecule has 0 bridgehead atoms. The zero-order valence-corrected chi connectivity index (χ0v) is 12.4. The highest BCUT2D eigenvalue weighted by Gasteiger charge is 2.35. The molecule has 0 atom stereocenters. The topological polar surface area (TPSA) is 47.9 Å². The van der Waals surface area contributed by atoms with Gasteiger partial charge < -0.3 is 19.3 Å². The molecule has 1 aliphatic rings. The highest BCUT2D eigenvalue weighted by Crippen LogP contribution is 2.43. The van der Waals surface area contributed by atoms with Crippen LogP contribution in [0.4, 0.5) is 0 Å². The highest BCUT2D eigenvalue weighted by atomic mass is 16.5. The highest BCUT2D eigenvalue weighted by molar-refractivity contribution is 4.86. The van der Waals surface area contributed by atoms with E-state index >= 15 is 0 Å². The molecule has 0 amide bonds. The van der Waals surface area contributed by atoms with Gasteiger partial charge in [-0.25, -0.2) is 0 Å². The molecule has 0 saturated heterocycles. The minimum Gasteiger partial charge on any atom is -0.396 e. The van der Waals surface area contributed by atoms with Crippen LogP contribution in [0.5, 0.6) is 0 Å². The summed E-state index contributed by atoms with van der Waals surface area (Å²) in [5, 5.41) is 9.30. The number of aliphatic hydroxyl groups is 1. The first kappa shape index (κ1) is 16.9. The molecule has 1 aliphatic carbocycles. The van der Waals surface area contributed by atoms with Crippen molar-refractivity contribution in [3.05, 3.63) is 0 Å². The summed E-state index contributed by atoms with van der Waals surface area (Å²) in [7, 11) is 0. The molecule has 1 N–H and O–H groups in total. The summed E-state index contributed by atoms with van der Waals surface area (Å²) >= 11 is 0. The summed E-state index contributed by atoms with van der Waals surface area (Å²) in [6.07, 6.45) is 6.82. The second kappa shape index (κ2) is 10.6. The van der Waals surface area contributed by atoms with E-state index in [4.69, 9.17) is 14.2 Å². The Bertz CT molecular complexity index is 199. The second-order valence-electron chi connectivity index (χ2n) is 5.45. The van der Waals surface area contributed by atoms with E-state index in [1.54, 1.807) is 0 Å². The van der Waals surface area contributed by atoms with E-state index in [0.29, 0.717) is 33.0 Å². The molecule has 19 heavy (non-hydrogen) atoms. The number of hydrogen-bond donors (Lipinski definition) is 1. The fourth-order valence-corrected chi connectivity index (χ4v) is 2.24. The monoisotopic (exact) mass is 274 g/mol. The summed E-state index contributed by atoms with van der Waals surface area (Å²) < 4.78 is 16.3. The van der Waals surface area contributed by atoms with Gasteiger partial charge in [-0.05, 0) is 31.1 Å². The second-order valence-corrected chi connectivity index (χ2v) is 5.45. The fourth-order valence-electron chi connectivity index (χ4n) is 2.24. The van der Waals surface area contributed by atoms with E-state index in [9.17, 15) is 5.11 Å². The maximum Gasteiger partial charge on any atom is 0.0701 e. The average molecular weight is 274 g/mol. The molecule has 0 radical (unpaired) electrons. The van der Waals surface area contributed by atoms with Gasteiger partial charge in [-0.1, -0.05) is 19.8 Å². The van der Waals surface area contributed by atoms with E-state index in [1.807, 2.05) is 0 Å². The molecule has 0 aromatic rings. The van der Waals surface area contributed by atoms with Crippen LogP contribution in [0.3, 0.4) is 0 Å². The van der Waals surface area contributed by atoms with Gasteiger partial charge >= 0.3 is 0 Å². The van der Waals surface area contributed by atoms with E-state index < -0.39 is 0 Å². The molecular weight excluding hydrogens is 244 g/mol. The van der Waals surface area contributed by atoms with Gasteiger partial charge in [-0.3, -0.25) is 0 Å². The number of hydrogen-bond acceptors (Lipinski definition) is 4. The molecule has 0 heterocycles. The lowest BCUT2D eigenvalue weighted by atomic mass is 9.67. The molecule has 0 unspecified atom stereocenters. The first-order valence-electron chi connectivity index (χ1n) is 7.67. The van der Waals surface area contributed by atoms with Crippen LogP contribution in [0.2, 0.25) is 0 Å². The van der Waals surface area contributed by atoms with Crippen molar-refractivity contribution < 1.29 is 19.3 Å². The third kappa shape index (κ3) is 7.25. The van der Waals surface area contributed by atoms with E-state index in [-0.39, 0.29) is 5.41 Å². The van der Waals surface area contributed by atoms with Crippen molar-refractivity contribution in [1.29, 1.82) is 0 Å². The number of rotatable bonds is 13. The van der Waals surface area contributed by atoms with Gasteiger partial charge in [-0.15, -0.1) is 0 Å². The van der Waals surface area contributed by atoms with Gasteiger partial charge in [0.2, 0.25) is 0 Å². The zero-order valence-electron chi connectivity index (χ0n) is 12.4. The van der Waals surface area contributed by atoms with Crippen molar-refractivity contribution in [3.8, 4) is 0 Å². The lowest BCUT2D eigenvalue weighted by molar-refractivity contribution is -0.0162. The molecule has 0 aromatic carbocycles. The van der Waals surface area contributed by atoms with Gasteiger partial charge in [0.15, 0.2) is 0 Å². The lowest BCUT2D eigenvalue weighted by Crippen LogP contribution is -2.34. The molecule has 1 fully saturated rings. The average Bonchev–Trinajstić information content (AvgIpc) is 2.38. The molecular formula is C15H30O4. The van der Waals surface area contributed by atoms with Crippen molar-refractivity contribution in [2.45, 2.75) is 45.4 Å². The van der Waals surface area contributed by atoms with Crippen LogP contribution in [-0.4, -0.2) is 51.4 Å². The summed E-state index contributed by atoms with van der Waals surface area (Å²) in [5.41, 5.74) is 0.175. The summed E-state index contributed by atoms with van der Waals surface area (Å²) in [5.74, 6) is 0. The fraction of sp³-hybridized carbons (Fsp3) is 1.00. The first-order chi connectivity index (χ1) is 9.33. The largest absolute Gasteiger partial charge is 0.396 e. The van der Waals surface area contributed by atoms with E-state index in [0.717, 1.165) is 38.9 Å². The van der Waals surface area contributed by atoms with Crippen molar-refractivity contribution in [1.82, 2.24) is 0 Å². The Labute approximate surface area is 117 Å². The molecule has 0 spiro atoms. The Morgan fingerprint density at radius 3 is 1.95 bits per heavy atom. The van der Waals surface area contributed by atoms with Crippen LogP contribution < -0.4 is 0 Å². The third-order valence-electron chi connectivity index (χ3n) is 3.91. The van der Waals surface area contributed by atoms with E-state index in [2.05, 4.69) is 6.92 Å². The van der Waals surface area contributed by atoms with Crippen molar-refractivity contribution >= 4 is 0 Å². The Morgan fingerprint density at radius 1 is 0.895 bits per heavy atom. The SMILES string of the molecule is CCCCOCCOCCOCCC1(CO)CCC1. The van der Waals surface area contributed by atoms with Crippen LogP contribution in [0.25, 0.3) is 0 Å². The maximum absolute atomic E-state index is 9.30. The first-order valence-corrected chi connectivity index (χ1v) is 7.67. The summed E-state index contributed by atoms with van der Waals surface area (Å²) in [4.78, 5) is 0. The van der Waals surface area contributed by atoms with Gasteiger partial charge in [0.1, 0.15) is 0 Å². The summed E-state index contributed by atoms with van der Waals surface area (Å²) in [6, 6.07) is 0. The van der Waals surface area contributed by atoms with Crippen molar-refractivity contribution in [2.24, 2.45) is 5.41 Å². The molecule has 0 aliphatic heterocycles. The van der Waals surface area contributed by atoms with Crippen LogP contribution in [-0.2, 0) is 14.2 Å². The maximum atomic E-state index is 9.30. The molecule has 1 rings (SSSR count). The normalized spacial score (nSPS) is 17.4.